The van der Waals surface area contributed by atoms with Crippen LogP contribution in [-0.4, -0.2) is 51.2 Å². The monoisotopic (exact) mass is 655 g/mol. The Balaban J connectivity index is 2.00. The average Bonchev–Trinajstić information content (AvgIpc) is 3.02. The number of imide groups is 1. The van der Waals surface area contributed by atoms with Crippen LogP contribution in [0.3, 0.4) is 0 Å². The summed E-state index contributed by atoms with van der Waals surface area (Å²) in [5, 5.41) is 2.71. The Hall–Kier alpha value is -3.96. The maximum Gasteiger partial charge on any atom is 0.320 e. The van der Waals surface area contributed by atoms with Crippen LogP contribution in [0.1, 0.15) is 73.6 Å². The van der Waals surface area contributed by atoms with Crippen LogP contribution >= 0.6 is 6.89 Å². The average molecular weight is 656 g/mol. The first-order chi connectivity index (χ1) is 22.3. The highest BCUT2D eigenvalue weighted by atomic mass is 31.2. The van der Waals surface area contributed by atoms with E-state index in [1.54, 1.807) is 41.5 Å². The molecule has 1 saturated carbocycles. The van der Waals surface area contributed by atoms with Gasteiger partial charge >= 0.3 is 11.9 Å². The Morgan fingerprint density at radius 1 is 0.617 bits per heavy atom. The van der Waals surface area contributed by atoms with Crippen molar-refractivity contribution >= 4 is 51.8 Å². The summed E-state index contributed by atoms with van der Waals surface area (Å²) in [6.07, 6.45) is 4.00. The van der Waals surface area contributed by atoms with Crippen molar-refractivity contribution in [2.45, 2.75) is 90.9 Å². The van der Waals surface area contributed by atoms with Gasteiger partial charge in [0.25, 0.3) is 5.91 Å². The van der Waals surface area contributed by atoms with Gasteiger partial charge in [-0.2, -0.15) is 0 Å². The minimum atomic E-state index is -3.24. The number of rotatable bonds is 6. The molecule has 3 aromatic rings. The van der Waals surface area contributed by atoms with Gasteiger partial charge < -0.3 is 9.47 Å². The summed E-state index contributed by atoms with van der Waals surface area (Å²) in [6.45, 7) is 7.16. The zero-order valence-electron chi connectivity index (χ0n) is 28.3. The van der Waals surface area contributed by atoms with Crippen molar-refractivity contribution in [3.63, 3.8) is 0 Å². The van der Waals surface area contributed by atoms with Gasteiger partial charge in [0.15, 0.2) is 5.92 Å². The van der Waals surface area contributed by atoms with Gasteiger partial charge in [-0.05, 0) is 77.2 Å². The van der Waals surface area contributed by atoms with Crippen LogP contribution in [0.5, 0.6) is 0 Å². The van der Waals surface area contributed by atoms with Crippen LogP contribution in [0.4, 0.5) is 0 Å². The molecule has 0 bridgehead atoms. The second-order valence-corrected chi connectivity index (χ2v) is 17.8. The first-order valence-corrected chi connectivity index (χ1v) is 18.3. The maximum atomic E-state index is 15.5. The molecular formula is C39H46NO6P. The molecule has 2 aliphatic rings. The molecule has 3 aromatic carbocycles. The van der Waals surface area contributed by atoms with Gasteiger partial charge in [-0.3, -0.25) is 24.1 Å². The van der Waals surface area contributed by atoms with E-state index in [9.17, 15) is 14.4 Å². The molecule has 248 valence electrons. The molecule has 2 atom stereocenters. The smallest absolute Gasteiger partial charge is 0.320 e. The molecule has 2 fully saturated rings. The lowest BCUT2D eigenvalue weighted by Crippen LogP contribution is -2.64. The second-order valence-electron chi connectivity index (χ2n) is 14.4. The van der Waals surface area contributed by atoms with Gasteiger partial charge in [-0.1, -0.05) is 110 Å². The molecule has 0 aromatic heterocycles. The van der Waals surface area contributed by atoms with Gasteiger partial charge in [0, 0.05) is 11.3 Å². The van der Waals surface area contributed by atoms with Crippen molar-refractivity contribution in [3.8, 4) is 0 Å². The molecule has 1 saturated heterocycles. The number of benzene rings is 3. The highest BCUT2D eigenvalue weighted by molar-refractivity contribution is 7.96. The Bertz CT molecular complexity index is 1560. The first-order valence-electron chi connectivity index (χ1n) is 16.5. The number of piperidine rings is 1. The molecule has 1 aliphatic heterocycles. The zero-order valence-corrected chi connectivity index (χ0v) is 29.2. The third-order valence-corrected chi connectivity index (χ3v) is 13.0. The van der Waals surface area contributed by atoms with E-state index in [-0.39, 0.29) is 5.29 Å². The molecule has 47 heavy (non-hydrogen) atoms. The van der Waals surface area contributed by atoms with E-state index in [4.69, 9.17) is 9.47 Å². The fourth-order valence-corrected chi connectivity index (χ4v) is 11.5. The van der Waals surface area contributed by atoms with E-state index in [1.807, 2.05) is 91.0 Å². The van der Waals surface area contributed by atoms with Crippen molar-refractivity contribution in [2.75, 3.05) is 0 Å². The summed E-state index contributed by atoms with van der Waals surface area (Å²) in [6, 6.07) is 28.7. The molecular weight excluding hydrogens is 609 g/mol. The van der Waals surface area contributed by atoms with Crippen LogP contribution in [0.15, 0.2) is 91.0 Å². The lowest BCUT2D eigenvalue weighted by Gasteiger charge is -2.45. The van der Waals surface area contributed by atoms with Crippen molar-refractivity contribution in [3.05, 3.63) is 91.0 Å². The standard InChI is InChI=1S/C39H46NO6P/c1-38(2,3)45-36(43)31-32(37(44)46-39(4,5)6)34(41)40(27-19-11-7-12-20-27)35(42)33(31)47(28-21-13-8-14-22-28,29-23-15-9-16-24-29)30-25-17-10-18-26-30/h8-10,13-18,21-27,31-32H,7,11-12,19-20H2,1-6H3. The van der Waals surface area contributed by atoms with Crippen molar-refractivity contribution in [2.24, 2.45) is 11.8 Å². The third-order valence-electron chi connectivity index (χ3n) is 8.62. The van der Waals surface area contributed by atoms with Gasteiger partial charge in [0.2, 0.25) is 5.91 Å². The van der Waals surface area contributed by atoms with Crippen LogP contribution in [0.25, 0.3) is 0 Å². The van der Waals surface area contributed by atoms with Crippen molar-refractivity contribution < 1.29 is 28.7 Å². The van der Waals surface area contributed by atoms with E-state index in [0.717, 1.165) is 35.2 Å². The summed E-state index contributed by atoms with van der Waals surface area (Å²) >= 11 is 0. The SMILES string of the molecule is CC(C)(C)OC(=O)C1C(=O)N(C2CCCCC2)C(=O)C(=P(c2ccccc2)(c2ccccc2)c2ccccc2)C1C(=O)OC(C)(C)C. The molecule has 7 nitrogen and oxygen atoms in total. The van der Waals surface area contributed by atoms with E-state index in [2.05, 4.69) is 0 Å². The van der Waals surface area contributed by atoms with E-state index >= 15 is 4.79 Å². The minimum Gasteiger partial charge on any atom is -0.459 e. The van der Waals surface area contributed by atoms with Gasteiger partial charge in [-0.25, -0.2) is 0 Å². The molecule has 8 heteroatoms. The predicted molar refractivity (Wildman–Crippen MR) is 188 cm³/mol. The number of esters is 2. The molecule has 0 spiro atoms. The van der Waals surface area contributed by atoms with Crippen molar-refractivity contribution in [1.29, 1.82) is 0 Å². The summed E-state index contributed by atoms with van der Waals surface area (Å²) in [4.78, 5) is 60.5. The molecule has 0 radical (unpaired) electrons. The van der Waals surface area contributed by atoms with E-state index < -0.39 is 59.7 Å². The summed E-state index contributed by atoms with van der Waals surface area (Å²) in [5.74, 6) is -5.95. The molecule has 5 rings (SSSR count). The number of nitrogens with zero attached hydrogens (tertiary/aromatic N) is 1. The Morgan fingerprint density at radius 3 is 1.38 bits per heavy atom. The minimum absolute atomic E-state index is 0.219. The number of carbonyl (C=O) groups is 4. The molecule has 1 heterocycles. The maximum absolute atomic E-state index is 15.5. The number of ether oxygens (including phenoxy) is 2. The highest BCUT2D eigenvalue weighted by Crippen LogP contribution is 2.51. The molecule has 2 unspecified atom stereocenters. The molecule has 2 amide bonds. The van der Waals surface area contributed by atoms with Crippen LogP contribution in [0, 0.1) is 11.8 Å². The lowest BCUT2D eigenvalue weighted by atomic mass is 9.81. The Kier molecular flexibility index (Phi) is 9.98. The summed E-state index contributed by atoms with van der Waals surface area (Å²) in [5.41, 5.74) is -1.90. The number of carbonyl (C=O) groups excluding carboxylic acids is 4. The van der Waals surface area contributed by atoms with Crippen LogP contribution < -0.4 is 15.9 Å². The van der Waals surface area contributed by atoms with Crippen LogP contribution in [0.2, 0.25) is 0 Å². The molecule has 1 aliphatic carbocycles. The number of amides is 2. The fourth-order valence-electron chi connectivity index (χ4n) is 6.88. The zero-order chi connectivity index (χ0) is 34.0. The summed E-state index contributed by atoms with van der Waals surface area (Å²) < 4.78 is 11.9. The summed E-state index contributed by atoms with van der Waals surface area (Å²) in [7, 11) is 0. The van der Waals surface area contributed by atoms with E-state index in [0.29, 0.717) is 12.8 Å². The normalized spacial score (nSPS) is 19.8. The van der Waals surface area contributed by atoms with Gasteiger partial charge in [0.05, 0.1) is 0 Å². The van der Waals surface area contributed by atoms with E-state index in [1.165, 1.54) is 4.90 Å². The third kappa shape index (κ3) is 7.01. The van der Waals surface area contributed by atoms with Crippen molar-refractivity contribution in [1.82, 2.24) is 4.90 Å². The largest absolute Gasteiger partial charge is 0.459 e. The van der Waals surface area contributed by atoms with Crippen LogP contribution in [-0.2, 0) is 28.7 Å². The lowest BCUT2D eigenvalue weighted by molar-refractivity contribution is -0.177. The first kappa shape index (κ1) is 34.4. The van der Waals surface area contributed by atoms with Gasteiger partial charge in [-0.15, -0.1) is 0 Å². The fraction of sp³-hybridized carbons (Fsp3) is 0.410. The Morgan fingerprint density at radius 2 is 1.00 bits per heavy atom. The topological polar surface area (TPSA) is 90.0 Å². The molecule has 0 N–H and O–H groups in total. The quantitative estimate of drug-likeness (QED) is 0.145. The predicted octanol–water partition coefficient (Wildman–Crippen LogP) is 5.77. The second kappa shape index (κ2) is 13.6. The number of hydrogen-bond acceptors (Lipinski definition) is 6. The highest BCUT2D eigenvalue weighted by Gasteiger charge is 2.58. The Labute approximate surface area is 278 Å². The number of hydrogen-bond donors (Lipinski definition) is 0. The van der Waals surface area contributed by atoms with Gasteiger partial charge in [0.1, 0.15) is 17.1 Å². The number of likely N-dealkylation sites (tertiary alicyclic amines) is 1.